The van der Waals surface area contributed by atoms with Crippen molar-refractivity contribution in [3.8, 4) is 0 Å². The highest BCUT2D eigenvalue weighted by Crippen LogP contribution is 2.47. The van der Waals surface area contributed by atoms with Crippen molar-refractivity contribution < 1.29 is 0 Å². The van der Waals surface area contributed by atoms with Crippen molar-refractivity contribution in [2.45, 2.75) is 0 Å². The summed E-state index contributed by atoms with van der Waals surface area (Å²) in [7, 11) is 0. The predicted octanol–water partition coefficient (Wildman–Crippen LogP) is 2.97. The molecule has 32 valence electrons. The molecule has 0 aromatic rings. The van der Waals surface area contributed by atoms with Gasteiger partial charge in [0.2, 0.25) is 0 Å². The Bertz CT molecular complexity index is 20.9. The molecule has 0 saturated heterocycles. The summed E-state index contributed by atoms with van der Waals surface area (Å²) in [6.45, 7) is -0.888. The topological polar surface area (TPSA) is 0 Å². The fourth-order valence-corrected chi connectivity index (χ4v) is 0. The van der Waals surface area contributed by atoms with Crippen LogP contribution >= 0.6 is 40.7 Å². The van der Waals surface area contributed by atoms with E-state index in [1.54, 1.807) is 0 Å². The number of rotatable bonds is 1. The van der Waals surface area contributed by atoms with E-state index in [0.29, 0.717) is 5.62 Å². The lowest BCUT2D eigenvalue weighted by Gasteiger charge is -1.82. The first-order valence-corrected chi connectivity index (χ1v) is 4.79. The lowest BCUT2D eigenvalue weighted by atomic mass is 11.9. The maximum Gasteiger partial charge on any atom is 0.100 e. The maximum atomic E-state index is 5.16. The van der Waals surface area contributed by atoms with Gasteiger partial charge in [-0.15, -0.1) is 11.6 Å². The fourth-order valence-electron chi connectivity index (χ4n) is 0. The van der Waals surface area contributed by atoms with Crippen LogP contribution < -0.4 is 0 Å². The lowest BCUT2D eigenvalue weighted by molar-refractivity contribution is 2.23. The average molecular weight is 151 g/mol. The van der Waals surface area contributed by atoms with Crippen molar-refractivity contribution in [3.05, 3.63) is 0 Å². The van der Waals surface area contributed by atoms with E-state index < -0.39 is 6.63 Å². The molecule has 0 spiro atoms. The quantitative estimate of drug-likeness (QED) is 0.399. The van der Waals surface area contributed by atoms with Crippen LogP contribution in [0.1, 0.15) is 0 Å². The second-order valence-electron chi connectivity index (χ2n) is 0.422. The van der Waals surface area contributed by atoms with Gasteiger partial charge in [0.1, 0.15) is 6.63 Å². The number of hydrogen-bond acceptors (Lipinski definition) is 0. The first-order chi connectivity index (χ1) is 2.27. The molecular weight excluding hydrogens is 149 g/mol. The molecule has 0 heterocycles. The van der Waals surface area contributed by atoms with Crippen LogP contribution in [-0.4, -0.2) is 5.62 Å². The van der Waals surface area contributed by atoms with Crippen molar-refractivity contribution in [3.63, 3.8) is 0 Å². The average Bonchev–Trinajstić information content (AvgIpc) is 1.38. The summed E-state index contributed by atoms with van der Waals surface area (Å²) < 4.78 is 0. The molecule has 0 bridgehead atoms. The summed E-state index contributed by atoms with van der Waals surface area (Å²) in [5, 5.41) is 0. The van der Waals surface area contributed by atoms with E-state index in [2.05, 4.69) is 0 Å². The summed E-state index contributed by atoms with van der Waals surface area (Å²) in [6.07, 6.45) is 0. The van der Waals surface area contributed by atoms with Gasteiger partial charge in [0.15, 0.2) is 0 Å². The number of hydrogen-bond donors (Lipinski definition) is 0. The Labute approximate surface area is 46.7 Å². The third kappa shape index (κ3) is 5.30. The molecule has 0 radical (unpaired) electrons. The summed E-state index contributed by atoms with van der Waals surface area (Å²) in [4.78, 5) is 0. The number of alkyl halides is 1. The van der Waals surface area contributed by atoms with Gasteiger partial charge in [0, 0.05) is 0 Å². The zero-order chi connectivity index (χ0) is 4.28. The highest BCUT2D eigenvalue weighted by atomic mass is 35.9. The van der Waals surface area contributed by atoms with Gasteiger partial charge >= 0.3 is 0 Å². The van der Waals surface area contributed by atoms with Gasteiger partial charge in [-0.25, -0.2) is 0 Å². The van der Waals surface area contributed by atoms with Crippen LogP contribution in [-0.2, 0) is 0 Å². The van der Waals surface area contributed by atoms with Gasteiger partial charge in [-0.1, -0.05) is 22.5 Å². The van der Waals surface area contributed by atoms with Gasteiger partial charge in [0.25, 0.3) is 0 Å². The Morgan fingerprint density at radius 2 is 1.60 bits per heavy atom. The molecule has 0 aliphatic rings. The van der Waals surface area contributed by atoms with E-state index in [1.165, 1.54) is 0 Å². The van der Waals surface area contributed by atoms with Gasteiger partial charge in [-0.05, 0) is 0 Å². The van der Waals surface area contributed by atoms with E-state index in [1.807, 2.05) is 0 Å². The van der Waals surface area contributed by atoms with Crippen LogP contribution in [0.2, 0.25) is 0 Å². The van der Waals surface area contributed by atoms with Gasteiger partial charge in [-0.2, -0.15) is 0 Å². The Balaban J connectivity index is 2.54. The van der Waals surface area contributed by atoms with Crippen molar-refractivity contribution in [2.24, 2.45) is 0 Å². The molecule has 0 nitrogen and oxygen atoms in total. The molecule has 0 N–H and O–H groups in total. The van der Waals surface area contributed by atoms with E-state index in [-0.39, 0.29) is 0 Å². The minimum atomic E-state index is -0.888. The molecule has 0 aliphatic carbocycles. The second-order valence-corrected chi connectivity index (χ2v) is 4.95. The van der Waals surface area contributed by atoms with E-state index >= 15 is 0 Å². The third-order valence-corrected chi connectivity index (χ3v) is 2.44. The predicted molar refractivity (Wildman–Crippen MR) is 29.3 cm³/mol. The highest BCUT2D eigenvalue weighted by molar-refractivity contribution is 8.04. The molecular formula is CH2Cl3P. The van der Waals surface area contributed by atoms with Gasteiger partial charge < -0.3 is 0 Å². The summed E-state index contributed by atoms with van der Waals surface area (Å²) in [5.41, 5.74) is 0.373. The smallest absolute Gasteiger partial charge is 0.100 e. The van der Waals surface area contributed by atoms with E-state index in [0.717, 1.165) is 0 Å². The molecule has 0 saturated carbocycles. The Kier molecular flexibility index (Phi) is 4.40. The minimum Gasteiger partial charge on any atom is -0.119 e. The summed E-state index contributed by atoms with van der Waals surface area (Å²) in [6, 6.07) is 0. The standard InChI is InChI=1S/CH2Cl3P/c2-1-5(3)4/h1H2. The molecule has 0 rings (SSSR count). The normalized spacial score (nSPS) is 9.60. The zero-order valence-electron chi connectivity index (χ0n) is 2.29. The molecule has 0 aromatic heterocycles. The van der Waals surface area contributed by atoms with Crippen LogP contribution in [0, 0.1) is 0 Å². The molecule has 4 heteroatoms. The van der Waals surface area contributed by atoms with Crippen molar-refractivity contribution in [2.75, 3.05) is 5.62 Å². The summed E-state index contributed by atoms with van der Waals surface area (Å²) >= 11 is 15.4. The Morgan fingerprint density at radius 3 is 1.60 bits per heavy atom. The maximum absolute atomic E-state index is 5.16. The van der Waals surface area contributed by atoms with Crippen molar-refractivity contribution >= 4 is 40.7 Å². The van der Waals surface area contributed by atoms with Crippen molar-refractivity contribution in [1.29, 1.82) is 0 Å². The molecule has 0 unspecified atom stereocenters. The molecule has 5 heavy (non-hydrogen) atoms. The van der Waals surface area contributed by atoms with E-state index in [4.69, 9.17) is 34.1 Å². The zero-order valence-corrected chi connectivity index (χ0v) is 5.45. The van der Waals surface area contributed by atoms with Gasteiger partial charge in [0.05, 0.1) is 5.62 Å². The van der Waals surface area contributed by atoms with Crippen LogP contribution in [0.5, 0.6) is 0 Å². The van der Waals surface area contributed by atoms with E-state index in [9.17, 15) is 0 Å². The Hall–Kier alpha value is 1.30. The minimum absolute atomic E-state index is 0.373. The van der Waals surface area contributed by atoms with Crippen LogP contribution in [0.3, 0.4) is 0 Å². The molecule has 0 aromatic carbocycles. The van der Waals surface area contributed by atoms with Crippen molar-refractivity contribution in [1.82, 2.24) is 0 Å². The summed E-state index contributed by atoms with van der Waals surface area (Å²) in [5.74, 6) is 0. The molecule has 0 aliphatic heterocycles. The molecule has 0 amide bonds. The second kappa shape index (κ2) is 3.49. The van der Waals surface area contributed by atoms with Crippen LogP contribution in [0.4, 0.5) is 0 Å². The Morgan fingerprint density at radius 1 is 1.40 bits per heavy atom. The first kappa shape index (κ1) is 6.30. The number of halogens is 3. The SMILES string of the molecule is ClCP(Cl)Cl. The highest BCUT2D eigenvalue weighted by Gasteiger charge is 1.88. The largest absolute Gasteiger partial charge is 0.119 e. The third-order valence-electron chi connectivity index (χ3n) is 0.0904. The van der Waals surface area contributed by atoms with Gasteiger partial charge in [-0.3, -0.25) is 0 Å². The molecule has 0 fully saturated rings. The van der Waals surface area contributed by atoms with Crippen LogP contribution in [0.25, 0.3) is 0 Å². The first-order valence-electron chi connectivity index (χ1n) is 0.922. The molecule has 0 atom stereocenters. The van der Waals surface area contributed by atoms with Crippen LogP contribution in [0.15, 0.2) is 0 Å². The fraction of sp³-hybridized carbons (Fsp3) is 1.00. The lowest BCUT2D eigenvalue weighted by Crippen LogP contribution is -1.42. The monoisotopic (exact) mass is 150 g/mol.